The molecule has 76 valence electrons. The Balaban J connectivity index is 2.31. The van der Waals surface area contributed by atoms with Crippen LogP contribution in [0, 0.1) is 0 Å². The molecule has 0 aliphatic heterocycles. The maximum atomic E-state index is 10.5. The maximum Gasteiger partial charge on any atom is 0.325 e. The summed E-state index contributed by atoms with van der Waals surface area (Å²) in [5, 5.41) is 12.7. The molecule has 1 aliphatic rings. The van der Waals surface area contributed by atoms with Crippen LogP contribution in [0.25, 0.3) is 0 Å². The zero-order valence-corrected chi connectivity index (χ0v) is 7.81. The zero-order chi connectivity index (χ0) is 10.1. The topological polar surface area (TPSA) is 81.1 Å². The van der Waals surface area contributed by atoms with Crippen molar-refractivity contribution in [1.29, 1.82) is 0 Å². The number of fused-ring (bicyclic) bond motifs is 1. The van der Waals surface area contributed by atoms with Gasteiger partial charge in [-0.3, -0.25) is 9.48 Å². The van der Waals surface area contributed by atoms with Gasteiger partial charge in [0.15, 0.2) is 0 Å². The summed E-state index contributed by atoms with van der Waals surface area (Å²) < 4.78 is 1.54. The Hall–Kier alpha value is -1.36. The molecule has 2 rings (SSSR count). The van der Waals surface area contributed by atoms with E-state index in [9.17, 15) is 4.79 Å². The molecule has 5 nitrogen and oxygen atoms in total. The van der Waals surface area contributed by atoms with Crippen molar-refractivity contribution < 1.29 is 9.90 Å². The van der Waals surface area contributed by atoms with Crippen LogP contribution in [-0.2, 0) is 17.8 Å². The lowest BCUT2D eigenvalue weighted by Crippen LogP contribution is -2.20. The highest BCUT2D eigenvalue weighted by atomic mass is 16.4. The molecule has 0 fully saturated rings. The van der Waals surface area contributed by atoms with E-state index in [1.165, 1.54) is 4.68 Å². The lowest BCUT2D eigenvalue weighted by Gasteiger charge is -2.18. The van der Waals surface area contributed by atoms with Crippen molar-refractivity contribution in [2.24, 2.45) is 5.73 Å². The van der Waals surface area contributed by atoms with Gasteiger partial charge in [0.05, 0.1) is 6.20 Å². The van der Waals surface area contributed by atoms with Crippen molar-refractivity contribution in [3.8, 4) is 0 Å². The first-order valence-corrected chi connectivity index (χ1v) is 4.70. The number of carbonyl (C=O) groups is 1. The minimum Gasteiger partial charge on any atom is -0.480 e. The number of hydrogen-bond donors (Lipinski definition) is 2. The summed E-state index contributed by atoms with van der Waals surface area (Å²) in [7, 11) is 0. The molecule has 0 bridgehead atoms. The van der Waals surface area contributed by atoms with Crippen molar-refractivity contribution in [3.05, 3.63) is 17.5 Å². The third-order valence-electron chi connectivity index (χ3n) is 2.59. The van der Waals surface area contributed by atoms with Gasteiger partial charge < -0.3 is 10.8 Å². The predicted octanol–water partition coefficient (Wildman–Crippen LogP) is 0.304. The molecule has 5 heteroatoms. The number of carboxylic acids is 1. The Morgan fingerprint density at radius 2 is 2.57 bits per heavy atom. The Labute approximate surface area is 81.5 Å². The van der Waals surface area contributed by atoms with Gasteiger partial charge in [-0.15, -0.1) is 0 Å². The van der Waals surface area contributed by atoms with Gasteiger partial charge in [0.2, 0.25) is 0 Å². The Bertz CT molecular complexity index is 359. The minimum atomic E-state index is -0.866. The first-order valence-electron chi connectivity index (χ1n) is 4.70. The van der Waals surface area contributed by atoms with Gasteiger partial charge in [-0.1, -0.05) is 0 Å². The molecular formula is C9H13N3O2. The SMILES string of the molecule is NC1CCCc2c1cnn2CC(=O)O. The first-order chi connectivity index (χ1) is 6.68. The Morgan fingerprint density at radius 1 is 1.79 bits per heavy atom. The summed E-state index contributed by atoms with van der Waals surface area (Å²) in [6.07, 6.45) is 4.56. The monoisotopic (exact) mass is 195 g/mol. The van der Waals surface area contributed by atoms with E-state index in [0.29, 0.717) is 0 Å². The van der Waals surface area contributed by atoms with Crippen molar-refractivity contribution in [2.75, 3.05) is 0 Å². The van der Waals surface area contributed by atoms with Gasteiger partial charge in [0.1, 0.15) is 6.54 Å². The molecule has 0 aromatic carbocycles. The summed E-state index contributed by atoms with van der Waals surface area (Å²) in [4.78, 5) is 10.5. The highest BCUT2D eigenvalue weighted by molar-refractivity contribution is 5.66. The highest BCUT2D eigenvalue weighted by Crippen LogP contribution is 2.27. The quantitative estimate of drug-likeness (QED) is 0.711. The first kappa shape index (κ1) is 9.21. The second-order valence-electron chi connectivity index (χ2n) is 3.60. The van der Waals surface area contributed by atoms with E-state index in [0.717, 1.165) is 30.5 Å². The highest BCUT2D eigenvalue weighted by Gasteiger charge is 2.21. The van der Waals surface area contributed by atoms with E-state index < -0.39 is 5.97 Å². The van der Waals surface area contributed by atoms with E-state index in [1.54, 1.807) is 6.20 Å². The Kier molecular flexibility index (Phi) is 2.25. The fourth-order valence-electron chi connectivity index (χ4n) is 1.92. The summed E-state index contributed by atoms with van der Waals surface area (Å²) in [5.74, 6) is -0.866. The van der Waals surface area contributed by atoms with Crippen molar-refractivity contribution in [1.82, 2.24) is 9.78 Å². The lowest BCUT2D eigenvalue weighted by molar-refractivity contribution is -0.137. The van der Waals surface area contributed by atoms with E-state index in [4.69, 9.17) is 10.8 Å². The standard InChI is InChI=1S/C9H13N3O2/c10-7-2-1-3-8-6(7)4-11-12(8)5-9(13)14/h4,7H,1-3,5,10H2,(H,13,14). The number of rotatable bonds is 2. The van der Waals surface area contributed by atoms with Crippen LogP contribution < -0.4 is 5.73 Å². The second-order valence-corrected chi connectivity index (χ2v) is 3.60. The molecule has 0 saturated heterocycles. The van der Waals surface area contributed by atoms with Gasteiger partial charge in [-0.25, -0.2) is 0 Å². The molecule has 1 aromatic heterocycles. The predicted molar refractivity (Wildman–Crippen MR) is 49.7 cm³/mol. The van der Waals surface area contributed by atoms with Gasteiger partial charge >= 0.3 is 5.97 Å². The fourth-order valence-corrected chi connectivity index (χ4v) is 1.92. The minimum absolute atomic E-state index is 0.0290. The lowest BCUT2D eigenvalue weighted by atomic mass is 9.94. The van der Waals surface area contributed by atoms with Crippen LogP contribution in [0.2, 0.25) is 0 Å². The normalized spacial score (nSPS) is 20.5. The van der Waals surface area contributed by atoms with Gasteiger partial charge in [0, 0.05) is 17.3 Å². The van der Waals surface area contributed by atoms with Crippen LogP contribution >= 0.6 is 0 Å². The molecule has 1 heterocycles. The molecule has 0 amide bonds. The zero-order valence-electron chi connectivity index (χ0n) is 7.81. The van der Waals surface area contributed by atoms with Crippen LogP contribution in [0.4, 0.5) is 0 Å². The number of nitrogens with zero attached hydrogens (tertiary/aromatic N) is 2. The molecule has 1 unspecified atom stereocenters. The fraction of sp³-hybridized carbons (Fsp3) is 0.556. The smallest absolute Gasteiger partial charge is 0.325 e. The number of aromatic nitrogens is 2. The molecule has 0 spiro atoms. The molecule has 1 aromatic rings. The van der Waals surface area contributed by atoms with E-state index in [2.05, 4.69) is 5.10 Å². The number of carboxylic acid groups (broad SMARTS) is 1. The van der Waals surface area contributed by atoms with Crippen molar-refractivity contribution in [2.45, 2.75) is 31.8 Å². The van der Waals surface area contributed by atoms with Crippen LogP contribution in [0.3, 0.4) is 0 Å². The van der Waals surface area contributed by atoms with Crippen molar-refractivity contribution >= 4 is 5.97 Å². The third-order valence-corrected chi connectivity index (χ3v) is 2.59. The molecule has 14 heavy (non-hydrogen) atoms. The molecule has 1 atom stereocenters. The van der Waals surface area contributed by atoms with Crippen LogP contribution in [0.15, 0.2) is 6.20 Å². The Morgan fingerprint density at radius 3 is 3.29 bits per heavy atom. The summed E-state index contributed by atoms with van der Waals surface area (Å²) in [5.41, 5.74) is 7.89. The maximum absolute atomic E-state index is 10.5. The average Bonchev–Trinajstić information content (AvgIpc) is 2.49. The van der Waals surface area contributed by atoms with Gasteiger partial charge in [0.25, 0.3) is 0 Å². The number of nitrogens with two attached hydrogens (primary N) is 1. The molecular weight excluding hydrogens is 182 g/mol. The van der Waals surface area contributed by atoms with E-state index >= 15 is 0 Å². The van der Waals surface area contributed by atoms with Gasteiger partial charge in [-0.05, 0) is 19.3 Å². The van der Waals surface area contributed by atoms with Crippen LogP contribution in [0.5, 0.6) is 0 Å². The average molecular weight is 195 g/mol. The summed E-state index contributed by atoms with van der Waals surface area (Å²) >= 11 is 0. The third kappa shape index (κ3) is 1.50. The van der Waals surface area contributed by atoms with Gasteiger partial charge in [-0.2, -0.15) is 5.10 Å². The summed E-state index contributed by atoms with van der Waals surface area (Å²) in [6, 6.07) is 0.0290. The molecule has 1 aliphatic carbocycles. The van der Waals surface area contributed by atoms with E-state index in [-0.39, 0.29) is 12.6 Å². The molecule has 0 radical (unpaired) electrons. The molecule has 3 N–H and O–H groups in total. The number of hydrogen-bond acceptors (Lipinski definition) is 3. The van der Waals surface area contributed by atoms with Crippen molar-refractivity contribution in [3.63, 3.8) is 0 Å². The number of aliphatic carboxylic acids is 1. The van der Waals surface area contributed by atoms with E-state index in [1.807, 2.05) is 0 Å². The largest absolute Gasteiger partial charge is 0.480 e. The second kappa shape index (κ2) is 3.42. The molecule has 0 saturated carbocycles. The van der Waals surface area contributed by atoms with Crippen LogP contribution in [0.1, 0.15) is 30.1 Å². The van der Waals surface area contributed by atoms with Crippen LogP contribution in [-0.4, -0.2) is 20.9 Å². The summed E-state index contributed by atoms with van der Waals surface area (Å²) in [6.45, 7) is -0.0674.